The summed E-state index contributed by atoms with van der Waals surface area (Å²) in [6.07, 6.45) is 0. The summed E-state index contributed by atoms with van der Waals surface area (Å²) in [6, 6.07) is 6.40. The molecule has 0 unspecified atom stereocenters. The molecule has 0 aliphatic carbocycles. The summed E-state index contributed by atoms with van der Waals surface area (Å²) >= 11 is 6.00. The van der Waals surface area contributed by atoms with Crippen LogP contribution in [-0.2, 0) is 4.74 Å². The van der Waals surface area contributed by atoms with Crippen LogP contribution in [0.15, 0.2) is 33.5 Å². The molecule has 0 N–H and O–H groups in total. The molecule has 0 spiro atoms. The number of rotatable bonds is 2. The van der Waals surface area contributed by atoms with Crippen LogP contribution in [0, 0.1) is 6.92 Å². The lowest BCUT2D eigenvalue weighted by atomic mass is 10.1. The highest BCUT2D eigenvalue weighted by atomic mass is 35.5. The van der Waals surface area contributed by atoms with Gasteiger partial charge >= 0.3 is 11.6 Å². The third-order valence-electron chi connectivity index (χ3n) is 3.33. The van der Waals surface area contributed by atoms with E-state index in [1.54, 1.807) is 32.0 Å². The van der Waals surface area contributed by atoms with E-state index >= 15 is 0 Å². The van der Waals surface area contributed by atoms with Gasteiger partial charge in [0.05, 0.1) is 28.8 Å². The summed E-state index contributed by atoms with van der Waals surface area (Å²) in [4.78, 5) is 28.4. The maximum absolute atomic E-state index is 12.1. The molecule has 6 heteroatoms. The van der Waals surface area contributed by atoms with E-state index in [-0.39, 0.29) is 17.6 Å². The number of nitrogens with zero attached hydrogens (tertiary/aromatic N) is 1. The van der Waals surface area contributed by atoms with Crippen LogP contribution < -0.4 is 5.63 Å². The highest BCUT2D eigenvalue weighted by molar-refractivity contribution is 6.31. The van der Waals surface area contributed by atoms with E-state index in [0.717, 1.165) is 0 Å². The summed E-state index contributed by atoms with van der Waals surface area (Å²) in [6.45, 7) is 3.65. The molecule has 0 bridgehead atoms. The number of aromatic nitrogens is 1. The standard InChI is InChI=1S/C16H12ClNO4/c1-3-21-15(19)10-7-12-14(18-8(10)2)11-6-9(17)4-5-13(11)22-16(12)20/h4-7H,3H2,1-2H3. The zero-order valence-electron chi connectivity index (χ0n) is 12.0. The second-order valence-electron chi connectivity index (χ2n) is 4.77. The van der Waals surface area contributed by atoms with Crippen molar-refractivity contribution in [1.29, 1.82) is 0 Å². The molecule has 0 atom stereocenters. The molecule has 5 nitrogen and oxygen atoms in total. The number of fused-ring (bicyclic) bond motifs is 3. The Morgan fingerprint density at radius 1 is 1.32 bits per heavy atom. The van der Waals surface area contributed by atoms with Gasteiger partial charge in [0.25, 0.3) is 0 Å². The fraction of sp³-hybridized carbons (Fsp3) is 0.188. The van der Waals surface area contributed by atoms with Gasteiger partial charge in [-0.15, -0.1) is 0 Å². The first kappa shape index (κ1) is 14.5. The Kier molecular flexibility index (Phi) is 3.58. The molecule has 0 fully saturated rings. The van der Waals surface area contributed by atoms with Gasteiger partial charge in [-0.25, -0.2) is 9.59 Å². The Balaban J connectivity index is 2.39. The minimum atomic E-state index is -0.553. The van der Waals surface area contributed by atoms with Crippen LogP contribution in [0.4, 0.5) is 0 Å². The van der Waals surface area contributed by atoms with Crippen LogP contribution in [0.25, 0.3) is 21.9 Å². The van der Waals surface area contributed by atoms with E-state index < -0.39 is 11.6 Å². The third kappa shape index (κ3) is 2.33. The van der Waals surface area contributed by atoms with Gasteiger partial charge < -0.3 is 9.15 Å². The molecule has 1 aromatic carbocycles. The van der Waals surface area contributed by atoms with E-state index in [1.165, 1.54) is 6.07 Å². The van der Waals surface area contributed by atoms with Gasteiger partial charge in [0.2, 0.25) is 0 Å². The van der Waals surface area contributed by atoms with Crippen LogP contribution >= 0.6 is 11.6 Å². The van der Waals surface area contributed by atoms with Gasteiger partial charge in [-0.3, -0.25) is 4.98 Å². The van der Waals surface area contributed by atoms with Crippen molar-refractivity contribution >= 4 is 39.4 Å². The molecule has 0 saturated heterocycles. The maximum Gasteiger partial charge on any atom is 0.345 e. The molecule has 0 amide bonds. The Hall–Kier alpha value is -2.40. The zero-order valence-corrected chi connectivity index (χ0v) is 12.7. The second-order valence-corrected chi connectivity index (χ2v) is 5.20. The fourth-order valence-electron chi connectivity index (χ4n) is 2.31. The molecule has 0 saturated carbocycles. The molecular formula is C16H12ClNO4. The van der Waals surface area contributed by atoms with Crippen LogP contribution in [0.1, 0.15) is 23.0 Å². The minimum Gasteiger partial charge on any atom is -0.462 e. The van der Waals surface area contributed by atoms with Gasteiger partial charge in [-0.05, 0) is 38.1 Å². The van der Waals surface area contributed by atoms with E-state index in [1.807, 2.05) is 0 Å². The van der Waals surface area contributed by atoms with Crippen molar-refractivity contribution in [2.75, 3.05) is 6.61 Å². The van der Waals surface area contributed by atoms with Gasteiger partial charge in [0.1, 0.15) is 5.58 Å². The number of carbonyl (C=O) groups excluding carboxylic acids is 1. The van der Waals surface area contributed by atoms with Crippen LogP contribution in [0.2, 0.25) is 5.02 Å². The van der Waals surface area contributed by atoms with Gasteiger partial charge in [0.15, 0.2) is 0 Å². The van der Waals surface area contributed by atoms with Crippen molar-refractivity contribution < 1.29 is 13.9 Å². The number of benzene rings is 1. The Morgan fingerprint density at radius 3 is 2.82 bits per heavy atom. The van der Waals surface area contributed by atoms with Crippen LogP contribution in [0.3, 0.4) is 0 Å². The highest BCUT2D eigenvalue weighted by Gasteiger charge is 2.17. The number of halogens is 1. The van der Waals surface area contributed by atoms with Crippen molar-refractivity contribution in [3.63, 3.8) is 0 Å². The van der Waals surface area contributed by atoms with Crippen molar-refractivity contribution in [3.8, 4) is 0 Å². The Bertz CT molecular complexity index is 962. The normalized spacial score (nSPS) is 11.0. The Morgan fingerprint density at radius 2 is 2.09 bits per heavy atom. The quantitative estimate of drug-likeness (QED) is 0.411. The zero-order chi connectivity index (χ0) is 15.9. The molecule has 0 aliphatic heterocycles. The molecule has 3 rings (SSSR count). The second kappa shape index (κ2) is 5.42. The minimum absolute atomic E-state index is 0.225. The van der Waals surface area contributed by atoms with Crippen molar-refractivity contribution in [3.05, 3.63) is 51.0 Å². The van der Waals surface area contributed by atoms with E-state index in [2.05, 4.69) is 4.98 Å². The third-order valence-corrected chi connectivity index (χ3v) is 3.56. The molecule has 112 valence electrons. The average Bonchev–Trinajstić information content (AvgIpc) is 2.48. The number of ether oxygens (including phenoxy) is 1. The summed E-state index contributed by atoms with van der Waals surface area (Å²) in [5, 5.41) is 1.36. The van der Waals surface area contributed by atoms with Crippen molar-refractivity contribution in [2.24, 2.45) is 0 Å². The number of hydrogen-bond acceptors (Lipinski definition) is 5. The smallest absolute Gasteiger partial charge is 0.345 e. The summed E-state index contributed by atoms with van der Waals surface area (Å²) in [5.41, 5.74) is 1.04. The van der Waals surface area contributed by atoms with E-state index in [9.17, 15) is 9.59 Å². The molecule has 3 aromatic rings. The number of esters is 1. The topological polar surface area (TPSA) is 69.4 Å². The molecule has 0 radical (unpaired) electrons. The monoisotopic (exact) mass is 317 g/mol. The first-order chi connectivity index (χ1) is 10.5. The lowest BCUT2D eigenvalue weighted by Gasteiger charge is -2.08. The lowest BCUT2D eigenvalue weighted by molar-refractivity contribution is 0.0525. The predicted molar refractivity (Wildman–Crippen MR) is 83.5 cm³/mol. The molecule has 0 aliphatic rings. The molecule has 2 aromatic heterocycles. The van der Waals surface area contributed by atoms with Gasteiger partial charge in [-0.2, -0.15) is 0 Å². The van der Waals surface area contributed by atoms with E-state index in [0.29, 0.717) is 27.2 Å². The lowest BCUT2D eigenvalue weighted by Crippen LogP contribution is -2.10. The fourth-order valence-corrected chi connectivity index (χ4v) is 2.48. The average molecular weight is 318 g/mol. The SMILES string of the molecule is CCOC(=O)c1cc2c(=O)oc3ccc(Cl)cc3c2nc1C. The first-order valence-electron chi connectivity index (χ1n) is 6.72. The predicted octanol–water partition coefficient (Wildman–Crippen LogP) is 3.48. The van der Waals surface area contributed by atoms with E-state index in [4.69, 9.17) is 20.8 Å². The van der Waals surface area contributed by atoms with Crippen LogP contribution in [0.5, 0.6) is 0 Å². The van der Waals surface area contributed by atoms with Gasteiger partial charge in [0, 0.05) is 10.4 Å². The largest absolute Gasteiger partial charge is 0.462 e. The van der Waals surface area contributed by atoms with Crippen LogP contribution in [-0.4, -0.2) is 17.6 Å². The maximum atomic E-state index is 12.1. The van der Waals surface area contributed by atoms with Gasteiger partial charge in [-0.1, -0.05) is 11.6 Å². The van der Waals surface area contributed by atoms with Crippen molar-refractivity contribution in [1.82, 2.24) is 4.98 Å². The number of aryl methyl sites for hydroxylation is 1. The number of pyridine rings is 1. The molecule has 22 heavy (non-hydrogen) atoms. The Labute approximate surface area is 130 Å². The summed E-state index contributed by atoms with van der Waals surface area (Å²) in [5.74, 6) is -0.514. The van der Waals surface area contributed by atoms with Crippen molar-refractivity contribution in [2.45, 2.75) is 13.8 Å². The highest BCUT2D eigenvalue weighted by Crippen LogP contribution is 2.26. The first-order valence-corrected chi connectivity index (χ1v) is 7.10. The molecular weight excluding hydrogens is 306 g/mol. The molecule has 2 heterocycles. The summed E-state index contributed by atoms with van der Waals surface area (Å²) in [7, 11) is 0. The number of hydrogen-bond donors (Lipinski definition) is 0. The summed E-state index contributed by atoms with van der Waals surface area (Å²) < 4.78 is 10.2. The number of carbonyl (C=O) groups is 1.